The zero-order valence-electron chi connectivity index (χ0n) is 14.1. The molecule has 0 saturated heterocycles. The van der Waals surface area contributed by atoms with Crippen LogP contribution in [0.25, 0.3) is 5.65 Å². The van der Waals surface area contributed by atoms with Crippen LogP contribution in [0.1, 0.15) is 36.8 Å². The average molecular weight is 340 g/mol. The van der Waals surface area contributed by atoms with E-state index in [0.29, 0.717) is 5.69 Å². The zero-order valence-corrected chi connectivity index (χ0v) is 14.1. The average Bonchev–Trinajstić information content (AvgIpc) is 2.90. The largest absolute Gasteiger partial charge is 0.476 e. The van der Waals surface area contributed by atoms with Crippen molar-refractivity contribution in [3.05, 3.63) is 59.7 Å². The Morgan fingerprint density at radius 2 is 1.80 bits per heavy atom. The number of aromatic carboxylic acids is 1. The Labute approximate surface area is 143 Å². The SMILES string of the molecule is CC(C)(C)c1ccc(N=Nc2c(C(=O)O)nc3ccc(F)cn23)cc1. The third kappa shape index (κ3) is 3.40. The molecule has 0 saturated carbocycles. The van der Waals surface area contributed by atoms with Crippen LogP contribution in [-0.2, 0) is 5.41 Å². The Kier molecular flexibility index (Phi) is 4.08. The van der Waals surface area contributed by atoms with E-state index in [-0.39, 0.29) is 22.6 Å². The Morgan fingerprint density at radius 3 is 2.40 bits per heavy atom. The molecule has 0 aliphatic rings. The van der Waals surface area contributed by atoms with Gasteiger partial charge in [-0.3, -0.25) is 4.40 Å². The third-order valence-corrected chi connectivity index (χ3v) is 3.75. The number of fused-ring (bicyclic) bond motifs is 1. The number of benzene rings is 1. The van der Waals surface area contributed by atoms with Gasteiger partial charge in [0.05, 0.1) is 5.69 Å². The fourth-order valence-corrected chi connectivity index (χ4v) is 2.38. The van der Waals surface area contributed by atoms with Crippen LogP contribution in [0, 0.1) is 5.82 Å². The quantitative estimate of drug-likeness (QED) is 0.690. The van der Waals surface area contributed by atoms with Gasteiger partial charge < -0.3 is 5.11 Å². The first kappa shape index (κ1) is 16.8. The molecule has 0 spiro atoms. The van der Waals surface area contributed by atoms with Gasteiger partial charge in [-0.05, 0) is 35.2 Å². The van der Waals surface area contributed by atoms with E-state index in [4.69, 9.17) is 0 Å². The van der Waals surface area contributed by atoms with Crippen molar-refractivity contribution in [1.82, 2.24) is 9.38 Å². The lowest BCUT2D eigenvalue weighted by Crippen LogP contribution is -2.10. The highest BCUT2D eigenvalue weighted by molar-refractivity contribution is 5.91. The van der Waals surface area contributed by atoms with Crippen LogP contribution in [0.3, 0.4) is 0 Å². The molecule has 3 aromatic rings. The predicted molar refractivity (Wildman–Crippen MR) is 91.4 cm³/mol. The van der Waals surface area contributed by atoms with Gasteiger partial charge in [-0.2, -0.15) is 0 Å². The first-order chi connectivity index (χ1) is 11.8. The zero-order chi connectivity index (χ0) is 18.2. The van der Waals surface area contributed by atoms with Crippen LogP contribution < -0.4 is 0 Å². The molecule has 0 aliphatic heterocycles. The lowest BCUT2D eigenvalue weighted by atomic mass is 9.87. The van der Waals surface area contributed by atoms with Crippen LogP contribution in [0.5, 0.6) is 0 Å². The maximum atomic E-state index is 13.5. The summed E-state index contributed by atoms with van der Waals surface area (Å²) in [4.78, 5) is 15.3. The molecule has 25 heavy (non-hydrogen) atoms. The number of rotatable bonds is 3. The highest BCUT2D eigenvalue weighted by atomic mass is 19.1. The normalized spacial score (nSPS) is 12.2. The standard InChI is InChI=1S/C18H17FN4O2/c1-18(2,3)11-4-7-13(8-5-11)21-22-16-15(17(24)25)20-14-9-6-12(19)10-23(14)16/h4-10H,1-3H3,(H,24,25). The summed E-state index contributed by atoms with van der Waals surface area (Å²) in [6.45, 7) is 6.32. The number of pyridine rings is 1. The van der Waals surface area contributed by atoms with E-state index < -0.39 is 11.8 Å². The van der Waals surface area contributed by atoms with Gasteiger partial charge in [0.15, 0.2) is 11.5 Å². The summed E-state index contributed by atoms with van der Waals surface area (Å²) in [5.41, 5.74) is 1.74. The van der Waals surface area contributed by atoms with Crippen LogP contribution >= 0.6 is 0 Å². The molecule has 0 fully saturated rings. The van der Waals surface area contributed by atoms with E-state index in [1.165, 1.54) is 16.5 Å². The highest BCUT2D eigenvalue weighted by Crippen LogP contribution is 2.27. The minimum Gasteiger partial charge on any atom is -0.476 e. The number of carboxylic acid groups (broad SMARTS) is 1. The smallest absolute Gasteiger partial charge is 0.358 e. The number of hydrogen-bond donors (Lipinski definition) is 1. The number of aromatic nitrogens is 2. The van der Waals surface area contributed by atoms with E-state index >= 15 is 0 Å². The van der Waals surface area contributed by atoms with E-state index in [2.05, 4.69) is 36.0 Å². The summed E-state index contributed by atoms with van der Waals surface area (Å²) in [5, 5.41) is 17.4. The van der Waals surface area contributed by atoms with Gasteiger partial charge in [0.25, 0.3) is 0 Å². The summed E-state index contributed by atoms with van der Waals surface area (Å²) in [5.74, 6) is -1.80. The Morgan fingerprint density at radius 1 is 1.12 bits per heavy atom. The summed E-state index contributed by atoms with van der Waals surface area (Å²) in [7, 11) is 0. The number of carboxylic acids is 1. The van der Waals surface area contributed by atoms with Crippen LogP contribution in [0.15, 0.2) is 52.8 Å². The van der Waals surface area contributed by atoms with Crippen LogP contribution in [0.4, 0.5) is 15.9 Å². The minimum absolute atomic E-state index is 0.0192. The monoisotopic (exact) mass is 340 g/mol. The third-order valence-electron chi connectivity index (χ3n) is 3.75. The lowest BCUT2D eigenvalue weighted by Gasteiger charge is -2.18. The van der Waals surface area contributed by atoms with E-state index in [1.807, 2.05) is 12.1 Å². The number of imidazole rings is 1. The molecular weight excluding hydrogens is 323 g/mol. The molecular formula is C18H17FN4O2. The van der Waals surface area contributed by atoms with Gasteiger partial charge in [-0.1, -0.05) is 32.9 Å². The molecule has 1 N–H and O–H groups in total. The Bertz CT molecular complexity index is 969. The van der Waals surface area contributed by atoms with E-state index in [0.717, 1.165) is 11.8 Å². The van der Waals surface area contributed by atoms with Crippen molar-refractivity contribution in [2.24, 2.45) is 10.2 Å². The molecule has 1 aromatic carbocycles. The molecule has 6 nitrogen and oxygen atoms in total. The minimum atomic E-state index is -1.25. The maximum absolute atomic E-state index is 13.5. The van der Waals surface area contributed by atoms with Gasteiger partial charge in [-0.15, -0.1) is 10.2 Å². The molecule has 0 radical (unpaired) electrons. The molecule has 7 heteroatoms. The van der Waals surface area contributed by atoms with Gasteiger partial charge in [0.2, 0.25) is 0 Å². The van der Waals surface area contributed by atoms with E-state index in [9.17, 15) is 14.3 Å². The van der Waals surface area contributed by atoms with Crippen molar-refractivity contribution in [2.45, 2.75) is 26.2 Å². The number of azo groups is 1. The number of halogens is 1. The van der Waals surface area contributed by atoms with Crippen molar-refractivity contribution in [1.29, 1.82) is 0 Å². The molecule has 0 aliphatic carbocycles. The summed E-state index contributed by atoms with van der Waals surface area (Å²) < 4.78 is 14.7. The topological polar surface area (TPSA) is 79.3 Å². The highest BCUT2D eigenvalue weighted by Gasteiger charge is 2.19. The summed E-state index contributed by atoms with van der Waals surface area (Å²) in [6, 6.07) is 10.1. The molecule has 0 atom stereocenters. The van der Waals surface area contributed by atoms with Gasteiger partial charge >= 0.3 is 5.97 Å². The summed E-state index contributed by atoms with van der Waals surface area (Å²) in [6.07, 6.45) is 1.13. The van der Waals surface area contributed by atoms with E-state index in [1.54, 1.807) is 12.1 Å². The Hall–Kier alpha value is -3.09. The fourth-order valence-electron chi connectivity index (χ4n) is 2.38. The van der Waals surface area contributed by atoms with Gasteiger partial charge in [0.1, 0.15) is 11.5 Å². The second kappa shape index (κ2) is 6.08. The second-order valence-corrected chi connectivity index (χ2v) is 6.66. The van der Waals surface area contributed by atoms with Gasteiger partial charge in [0, 0.05) is 6.20 Å². The molecule has 2 aromatic heterocycles. The van der Waals surface area contributed by atoms with Crippen molar-refractivity contribution in [3.63, 3.8) is 0 Å². The number of hydrogen-bond acceptors (Lipinski definition) is 4. The van der Waals surface area contributed by atoms with Crippen molar-refractivity contribution < 1.29 is 14.3 Å². The first-order valence-electron chi connectivity index (χ1n) is 7.69. The van der Waals surface area contributed by atoms with Crippen LogP contribution in [-0.4, -0.2) is 20.5 Å². The predicted octanol–water partition coefficient (Wildman–Crippen LogP) is 4.88. The molecule has 0 unspecified atom stereocenters. The molecule has 3 rings (SSSR count). The molecule has 0 amide bonds. The first-order valence-corrected chi connectivity index (χ1v) is 7.69. The van der Waals surface area contributed by atoms with Crippen molar-refractivity contribution in [2.75, 3.05) is 0 Å². The van der Waals surface area contributed by atoms with Crippen molar-refractivity contribution >= 4 is 23.1 Å². The van der Waals surface area contributed by atoms with Crippen LogP contribution in [0.2, 0.25) is 0 Å². The number of nitrogens with zero attached hydrogens (tertiary/aromatic N) is 4. The maximum Gasteiger partial charge on any atom is 0.358 e. The fraction of sp³-hybridized carbons (Fsp3) is 0.222. The lowest BCUT2D eigenvalue weighted by molar-refractivity contribution is 0.0692. The number of carbonyl (C=O) groups is 1. The molecule has 2 heterocycles. The van der Waals surface area contributed by atoms with Crippen molar-refractivity contribution in [3.8, 4) is 0 Å². The molecule has 128 valence electrons. The van der Waals surface area contributed by atoms with Gasteiger partial charge in [-0.25, -0.2) is 14.2 Å². The second-order valence-electron chi connectivity index (χ2n) is 6.66. The molecule has 0 bridgehead atoms. The summed E-state index contributed by atoms with van der Waals surface area (Å²) >= 11 is 0. The Balaban J connectivity index is 2.02.